The normalized spacial score (nSPS) is 33.6. The molecule has 0 aromatic heterocycles. The molecule has 0 aromatic rings. The Labute approximate surface area is 157 Å². The van der Waals surface area contributed by atoms with Crippen molar-refractivity contribution >= 4 is 24.3 Å². The van der Waals surface area contributed by atoms with E-state index in [-0.39, 0.29) is 47.8 Å². The van der Waals surface area contributed by atoms with Crippen LogP contribution in [0.2, 0.25) is 0 Å². The highest BCUT2D eigenvalue weighted by Crippen LogP contribution is 2.50. The third-order valence-electron chi connectivity index (χ3n) is 5.92. The lowest BCUT2D eigenvalue weighted by molar-refractivity contribution is -0.171. The summed E-state index contributed by atoms with van der Waals surface area (Å²) in [7, 11) is 0. The standard InChI is InChI=1S/C18H32N2O4.ClH/c1-5-23-14-11-18(19,17(14,3)4)16(22)20-13-9-7-12(8-10-13)15(21)24-6-2;/h12-14H,5-11,19H2,1-4H3,(H,20,22);1H. The molecule has 2 atom stereocenters. The van der Waals surface area contributed by atoms with Crippen molar-refractivity contribution in [2.45, 2.75) is 77.5 Å². The molecule has 6 nitrogen and oxygen atoms in total. The molecule has 0 aliphatic heterocycles. The molecule has 146 valence electrons. The van der Waals surface area contributed by atoms with E-state index < -0.39 is 5.54 Å². The van der Waals surface area contributed by atoms with Crippen molar-refractivity contribution in [2.75, 3.05) is 13.2 Å². The molecule has 0 bridgehead atoms. The third-order valence-corrected chi connectivity index (χ3v) is 5.92. The summed E-state index contributed by atoms with van der Waals surface area (Å²) in [5, 5.41) is 3.10. The van der Waals surface area contributed by atoms with Crippen LogP contribution in [0.5, 0.6) is 0 Å². The van der Waals surface area contributed by atoms with Gasteiger partial charge in [0.2, 0.25) is 5.91 Å². The lowest BCUT2D eigenvalue weighted by Gasteiger charge is -2.57. The quantitative estimate of drug-likeness (QED) is 0.693. The Kier molecular flexibility index (Phi) is 7.71. The van der Waals surface area contributed by atoms with E-state index in [1.165, 1.54) is 0 Å². The summed E-state index contributed by atoms with van der Waals surface area (Å²) in [6.45, 7) is 8.81. The average molecular weight is 377 g/mol. The number of hydrogen-bond donors (Lipinski definition) is 2. The van der Waals surface area contributed by atoms with E-state index in [0.717, 1.165) is 25.7 Å². The van der Waals surface area contributed by atoms with Crippen molar-refractivity contribution in [1.29, 1.82) is 0 Å². The number of halogens is 1. The highest BCUT2D eigenvalue weighted by molar-refractivity contribution is 5.89. The number of amides is 1. The zero-order valence-corrected chi connectivity index (χ0v) is 16.6. The summed E-state index contributed by atoms with van der Waals surface area (Å²) >= 11 is 0. The largest absolute Gasteiger partial charge is 0.466 e. The van der Waals surface area contributed by atoms with Gasteiger partial charge < -0.3 is 20.5 Å². The minimum atomic E-state index is -0.884. The molecular weight excluding hydrogens is 344 g/mol. The van der Waals surface area contributed by atoms with E-state index >= 15 is 0 Å². The summed E-state index contributed by atoms with van der Waals surface area (Å²) in [6.07, 6.45) is 3.68. The molecule has 7 heteroatoms. The topological polar surface area (TPSA) is 90.7 Å². The van der Waals surface area contributed by atoms with Crippen molar-refractivity contribution in [3.05, 3.63) is 0 Å². The van der Waals surface area contributed by atoms with Gasteiger partial charge in [0.1, 0.15) is 5.54 Å². The Morgan fingerprint density at radius 1 is 1.12 bits per heavy atom. The molecular formula is C18H33ClN2O4. The second-order valence-corrected chi connectivity index (χ2v) is 7.62. The van der Waals surface area contributed by atoms with Gasteiger partial charge in [0.05, 0.1) is 18.6 Å². The van der Waals surface area contributed by atoms with Gasteiger partial charge >= 0.3 is 5.97 Å². The number of rotatable bonds is 6. The monoisotopic (exact) mass is 376 g/mol. The van der Waals surface area contributed by atoms with Gasteiger partial charge in [0.25, 0.3) is 0 Å². The van der Waals surface area contributed by atoms with E-state index in [1.807, 2.05) is 27.7 Å². The van der Waals surface area contributed by atoms with Crippen molar-refractivity contribution < 1.29 is 19.1 Å². The zero-order valence-electron chi connectivity index (χ0n) is 15.8. The van der Waals surface area contributed by atoms with Crippen LogP contribution in [-0.2, 0) is 19.1 Å². The van der Waals surface area contributed by atoms with Crippen LogP contribution < -0.4 is 11.1 Å². The van der Waals surface area contributed by atoms with Crippen LogP contribution in [0.3, 0.4) is 0 Å². The van der Waals surface area contributed by atoms with E-state index in [1.54, 1.807) is 0 Å². The highest BCUT2D eigenvalue weighted by Gasteiger charge is 2.63. The molecule has 2 saturated carbocycles. The Balaban J connectivity index is 0.00000312. The first-order chi connectivity index (χ1) is 11.3. The lowest BCUT2D eigenvalue weighted by atomic mass is 9.54. The highest BCUT2D eigenvalue weighted by atomic mass is 35.5. The number of nitrogens with two attached hydrogens (primary N) is 1. The summed E-state index contributed by atoms with van der Waals surface area (Å²) < 4.78 is 10.8. The first-order valence-electron chi connectivity index (χ1n) is 9.14. The zero-order chi connectivity index (χ0) is 18.0. The van der Waals surface area contributed by atoms with Crippen LogP contribution in [0.25, 0.3) is 0 Å². The molecule has 1 amide bonds. The third kappa shape index (κ3) is 4.29. The molecule has 2 unspecified atom stereocenters. The van der Waals surface area contributed by atoms with E-state index in [4.69, 9.17) is 15.2 Å². The maximum absolute atomic E-state index is 12.7. The van der Waals surface area contributed by atoms with Gasteiger partial charge in [-0.1, -0.05) is 13.8 Å². The van der Waals surface area contributed by atoms with E-state index in [2.05, 4.69) is 5.32 Å². The average Bonchev–Trinajstić information content (AvgIpc) is 2.55. The van der Waals surface area contributed by atoms with Crippen LogP contribution in [0.15, 0.2) is 0 Å². The Morgan fingerprint density at radius 3 is 2.20 bits per heavy atom. The molecule has 0 spiro atoms. The second-order valence-electron chi connectivity index (χ2n) is 7.62. The number of hydrogen-bond acceptors (Lipinski definition) is 5. The molecule has 2 fully saturated rings. The van der Waals surface area contributed by atoms with Crippen LogP contribution >= 0.6 is 12.4 Å². The fourth-order valence-electron chi connectivity index (χ4n) is 3.87. The summed E-state index contributed by atoms with van der Waals surface area (Å²) in [5.41, 5.74) is 5.15. The summed E-state index contributed by atoms with van der Waals surface area (Å²) in [6, 6.07) is 0.0885. The van der Waals surface area contributed by atoms with E-state index in [9.17, 15) is 9.59 Å². The van der Waals surface area contributed by atoms with Gasteiger partial charge in [-0.3, -0.25) is 9.59 Å². The number of ether oxygens (including phenoxy) is 2. The molecule has 0 saturated heterocycles. The Hall–Kier alpha value is -0.850. The maximum atomic E-state index is 12.7. The molecule has 3 N–H and O–H groups in total. The van der Waals surface area contributed by atoms with Crippen molar-refractivity contribution in [3.63, 3.8) is 0 Å². The summed E-state index contributed by atoms with van der Waals surface area (Å²) in [5.74, 6) is -0.243. The minimum absolute atomic E-state index is 0. The molecule has 2 aliphatic rings. The number of carbonyl (C=O) groups is 2. The van der Waals surface area contributed by atoms with Crippen LogP contribution in [0.1, 0.15) is 59.8 Å². The smallest absolute Gasteiger partial charge is 0.308 e. The molecule has 2 rings (SSSR count). The molecule has 0 aromatic carbocycles. The van der Waals surface area contributed by atoms with Crippen LogP contribution in [-0.4, -0.2) is 42.8 Å². The Morgan fingerprint density at radius 2 is 1.72 bits per heavy atom. The Bertz CT molecular complexity index is 478. The number of carbonyl (C=O) groups excluding carboxylic acids is 2. The molecule has 25 heavy (non-hydrogen) atoms. The molecule has 0 heterocycles. The fourth-order valence-corrected chi connectivity index (χ4v) is 3.87. The fraction of sp³-hybridized carbons (Fsp3) is 0.889. The lowest BCUT2D eigenvalue weighted by Crippen LogP contribution is -2.76. The van der Waals surface area contributed by atoms with E-state index in [0.29, 0.717) is 19.6 Å². The van der Waals surface area contributed by atoms with Gasteiger partial charge in [-0.25, -0.2) is 0 Å². The second kappa shape index (κ2) is 8.69. The summed E-state index contributed by atoms with van der Waals surface area (Å²) in [4.78, 5) is 24.5. The predicted molar refractivity (Wildman–Crippen MR) is 98.5 cm³/mol. The maximum Gasteiger partial charge on any atom is 0.308 e. The van der Waals surface area contributed by atoms with Crippen LogP contribution in [0.4, 0.5) is 0 Å². The molecule has 2 aliphatic carbocycles. The number of nitrogens with one attached hydrogen (secondary N) is 1. The predicted octanol–water partition coefficient (Wildman–Crippen LogP) is 2.18. The number of esters is 1. The van der Waals surface area contributed by atoms with Gasteiger partial charge in [-0.15, -0.1) is 12.4 Å². The van der Waals surface area contributed by atoms with Crippen molar-refractivity contribution in [3.8, 4) is 0 Å². The first-order valence-corrected chi connectivity index (χ1v) is 9.14. The van der Waals surface area contributed by atoms with Gasteiger partial charge in [0, 0.05) is 24.5 Å². The van der Waals surface area contributed by atoms with Crippen molar-refractivity contribution in [2.24, 2.45) is 17.1 Å². The van der Waals surface area contributed by atoms with Gasteiger partial charge in [-0.2, -0.15) is 0 Å². The van der Waals surface area contributed by atoms with Crippen LogP contribution in [0, 0.1) is 11.3 Å². The van der Waals surface area contributed by atoms with Crippen molar-refractivity contribution in [1.82, 2.24) is 5.32 Å². The van der Waals surface area contributed by atoms with Gasteiger partial charge in [-0.05, 0) is 39.5 Å². The SMILES string of the molecule is CCOC(=O)C1CCC(NC(=O)C2(N)CC(OCC)C2(C)C)CC1.Cl. The minimum Gasteiger partial charge on any atom is -0.466 e. The van der Waals surface area contributed by atoms with Gasteiger partial charge in [0.15, 0.2) is 0 Å². The molecule has 0 radical (unpaired) electrons. The first kappa shape index (κ1) is 22.2.